The van der Waals surface area contributed by atoms with Crippen LogP contribution < -0.4 is 15.8 Å². The maximum Gasteiger partial charge on any atom is 0.269 e. The molecule has 32 heavy (non-hydrogen) atoms. The molecule has 5 rings (SSSR count). The molecule has 1 fully saturated rings. The zero-order chi connectivity index (χ0) is 22.2. The van der Waals surface area contributed by atoms with E-state index in [0.29, 0.717) is 12.1 Å². The molecule has 3 aromatic rings. The SMILES string of the molecule is CCc1cc2ncc(CN3CCN(c4ccc(C(=O)NC)nc4)[C@H]4C#C[C@H]43)cc2[nH]c1=O. The molecule has 2 N–H and O–H groups in total. The van der Waals surface area contributed by atoms with Gasteiger partial charge < -0.3 is 15.2 Å². The minimum Gasteiger partial charge on any atom is -0.354 e. The molecule has 8 nitrogen and oxygen atoms in total. The number of hydrogen-bond donors (Lipinski definition) is 2. The van der Waals surface area contributed by atoms with E-state index in [1.807, 2.05) is 31.3 Å². The van der Waals surface area contributed by atoms with Crippen molar-refractivity contribution in [3.8, 4) is 11.8 Å². The predicted octanol–water partition coefficient (Wildman–Crippen LogP) is 1.32. The lowest BCUT2D eigenvalue weighted by molar-refractivity contribution is 0.0958. The number of carbonyl (C=O) groups excluding carboxylic acids is 1. The Morgan fingerprint density at radius 1 is 1.19 bits per heavy atom. The Labute approximate surface area is 185 Å². The highest BCUT2D eigenvalue weighted by Crippen LogP contribution is 2.28. The van der Waals surface area contributed by atoms with Crippen LogP contribution in [0.2, 0.25) is 0 Å². The average molecular weight is 428 g/mol. The van der Waals surface area contributed by atoms with Crippen molar-refractivity contribution >= 4 is 22.6 Å². The van der Waals surface area contributed by atoms with E-state index in [9.17, 15) is 9.59 Å². The highest BCUT2D eigenvalue weighted by atomic mass is 16.1. The van der Waals surface area contributed by atoms with Gasteiger partial charge in [0.1, 0.15) is 17.8 Å². The quantitative estimate of drug-likeness (QED) is 0.596. The lowest BCUT2D eigenvalue weighted by Crippen LogP contribution is -2.61. The number of hydrogen-bond acceptors (Lipinski definition) is 6. The zero-order valence-electron chi connectivity index (χ0n) is 18.1. The molecule has 1 saturated heterocycles. The van der Waals surface area contributed by atoms with Gasteiger partial charge in [-0.1, -0.05) is 18.8 Å². The lowest BCUT2D eigenvalue weighted by Gasteiger charge is -2.47. The van der Waals surface area contributed by atoms with Gasteiger partial charge in [0.15, 0.2) is 0 Å². The number of aryl methyl sites for hydroxylation is 1. The summed E-state index contributed by atoms with van der Waals surface area (Å²) in [4.78, 5) is 40.3. The molecule has 2 atom stereocenters. The standard InChI is InChI=1S/C24H24N6O2/c1-3-16-11-19-20(28-23(16)31)10-15(12-26-19)14-29-8-9-30(22-7-6-21(22)29)17-4-5-18(27-13-17)24(32)25-2/h4-5,10-13,21-22H,3,8-9,14H2,1-2H3,(H,25,32)(H,28,31)/t21-,22+/m1/s1. The van der Waals surface area contributed by atoms with Crippen LogP contribution in [0, 0.1) is 11.8 Å². The van der Waals surface area contributed by atoms with Crippen molar-refractivity contribution in [2.75, 3.05) is 25.0 Å². The third-order valence-electron chi connectivity index (χ3n) is 6.17. The van der Waals surface area contributed by atoms with E-state index in [0.717, 1.165) is 47.5 Å². The molecule has 0 spiro atoms. The molecular weight excluding hydrogens is 404 g/mol. The van der Waals surface area contributed by atoms with Crippen molar-refractivity contribution in [1.29, 1.82) is 0 Å². The Hall–Kier alpha value is -3.70. The number of rotatable bonds is 5. The summed E-state index contributed by atoms with van der Waals surface area (Å²) in [6.45, 7) is 4.34. The summed E-state index contributed by atoms with van der Waals surface area (Å²) in [5.74, 6) is 6.37. The fourth-order valence-electron chi connectivity index (χ4n) is 4.32. The van der Waals surface area contributed by atoms with Crippen molar-refractivity contribution in [1.82, 2.24) is 25.2 Å². The maximum atomic E-state index is 12.2. The van der Waals surface area contributed by atoms with Crippen molar-refractivity contribution < 1.29 is 4.79 Å². The molecule has 3 aromatic heterocycles. The van der Waals surface area contributed by atoms with Crippen LogP contribution in [0.25, 0.3) is 11.0 Å². The van der Waals surface area contributed by atoms with Crippen molar-refractivity contribution in [2.45, 2.75) is 32.0 Å². The van der Waals surface area contributed by atoms with Crippen LogP contribution in [0.5, 0.6) is 0 Å². The second-order valence-electron chi connectivity index (χ2n) is 8.08. The molecule has 1 amide bonds. The number of H-pyrrole nitrogens is 1. The van der Waals surface area contributed by atoms with Gasteiger partial charge in [0.05, 0.1) is 22.9 Å². The van der Waals surface area contributed by atoms with Gasteiger partial charge >= 0.3 is 0 Å². The Morgan fingerprint density at radius 3 is 2.72 bits per heavy atom. The first-order chi connectivity index (χ1) is 15.6. The van der Waals surface area contributed by atoms with E-state index in [1.165, 1.54) is 0 Å². The molecule has 162 valence electrons. The fraction of sp³-hybridized carbons (Fsp3) is 0.333. The fourth-order valence-corrected chi connectivity index (χ4v) is 4.32. The number of carbonyl (C=O) groups is 1. The first-order valence-corrected chi connectivity index (χ1v) is 10.8. The Kier molecular flexibility index (Phi) is 5.11. The molecule has 0 aromatic carbocycles. The van der Waals surface area contributed by atoms with Crippen LogP contribution in [-0.4, -0.2) is 58.0 Å². The van der Waals surface area contributed by atoms with Gasteiger partial charge in [-0.3, -0.25) is 19.5 Å². The van der Waals surface area contributed by atoms with E-state index < -0.39 is 0 Å². The Bertz CT molecular complexity index is 1300. The summed E-state index contributed by atoms with van der Waals surface area (Å²) in [7, 11) is 1.59. The molecule has 0 radical (unpaired) electrons. The number of nitrogens with zero attached hydrogens (tertiary/aromatic N) is 4. The topological polar surface area (TPSA) is 94.2 Å². The van der Waals surface area contributed by atoms with Crippen LogP contribution in [-0.2, 0) is 13.0 Å². The van der Waals surface area contributed by atoms with Crippen LogP contribution >= 0.6 is 0 Å². The Morgan fingerprint density at radius 2 is 2.03 bits per heavy atom. The van der Waals surface area contributed by atoms with Gasteiger partial charge in [0, 0.05) is 38.4 Å². The summed E-state index contributed by atoms with van der Waals surface area (Å²) in [6, 6.07) is 7.77. The van der Waals surface area contributed by atoms with E-state index in [1.54, 1.807) is 19.3 Å². The van der Waals surface area contributed by atoms with Gasteiger partial charge in [-0.25, -0.2) is 4.98 Å². The molecule has 4 heterocycles. The van der Waals surface area contributed by atoms with E-state index >= 15 is 0 Å². The first kappa shape index (κ1) is 20.2. The molecule has 0 bridgehead atoms. The monoisotopic (exact) mass is 428 g/mol. The number of aromatic nitrogens is 3. The lowest BCUT2D eigenvalue weighted by atomic mass is 9.93. The second kappa shape index (κ2) is 8.09. The summed E-state index contributed by atoms with van der Waals surface area (Å²) in [5, 5.41) is 2.59. The maximum absolute atomic E-state index is 12.2. The largest absolute Gasteiger partial charge is 0.354 e. The molecule has 1 aliphatic carbocycles. The zero-order valence-corrected chi connectivity index (χ0v) is 18.1. The van der Waals surface area contributed by atoms with Crippen LogP contribution in [0.1, 0.15) is 28.5 Å². The van der Waals surface area contributed by atoms with Gasteiger partial charge in [0.2, 0.25) is 0 Å². The van der Waals surface area contributed by atoms with Gasteiger partial charge in [-0.15, -0.1) is 0 Å². The minimum atomic E-state index is -0.195. The number of amides is 1. The van der Waals surface area contributed by atoms with Crippen molar-refractivity contribution in [3.05, 3.63) is 63.8 Å². The highest BCUT2D eigenvalue weighted by molar-refractivity contribution is 5.92. The van der Waals surface area contributed by atoms with Gasteiger partial charge in [0.25, 0.3) is 11.5 Å². The number of fused-ring (bicyclic) bond motifs is 2. The van der Waals surface area contributed by atoms with Crippen LogP contribution in [0.15, 0.2) is 41.5 Å². The number of anilines is 1. The summed E-state index contributed by atoms with van der Waals surface area (Å²) in [6.07, 6.45) is 4.31. The first-order valence-electron chi connectivity index (χ1n) is 10.8. The molecule has 2 aliphatic rings. The van der Waals surface area contributed by atoms with Gasteiger partial charge in [-0.05, 0) is 36.2 Å². The molecule has 0 unspecified atom stereocenters. The molecule has 1 aliphatic heterocycles. The minimum absolute atomic E-state index is 0.0477. The van der Waals surface area contributed by atoms with Crippen LogP contribution in [0.3, 0.4) is 0 Å². The van der Waals surface area contributed by atoms with E-state index in [-0.39, 0.29) is 23.6 Å². The second-order valence-corrected chi connectivity index (χ2v) is 8.08. The van der Waals surface area contributed by atoms with Crippen molar-refractivity contribution in [2.24, 2.45) is 0 Å². The third-order valence-corrected chi connectivity index (χ3v) is 6.17. The number of piperazine rings is 1. The average Bonchev–Trinajstić information content (AvgIpc) is 2.79. The smallest absolute Gasteiger partial charge is 0.269 e. The number of nitrogens with one attached hydrogen (secondary N) is 2. The highest BCUT2D eigenvalue weighted by Gasteiger charge is 2.39. The molecular formula is C24H24N6O2. The number of aromatic amines is 1. The van der Waals surface area contributed by atoms with E-state index in [2.05, 4.69) is 41.9 Å². The molecule has 0 saturated carbocycles. The normalized spacial score (nSPS) is 19.6. The van der Waals surface area contributed by atoms with E-state index in [4.69, 9.17) is 0 Å². The predicted molar refractivity (Wildman–Crippen MR) is 122 cm³/mol. The van der Waals surface area contributed by atoms with Gasteiger partial charge in [-0.2, -0.15) is 0 Å². The summed E-state index contributed by atoms with van der Waals surface area (Å²) >= 11 is 0. The summed E-state index contributed by atoms with van der Waals surface area (Å²) < 4.78 is 0. The summed E-state index contributed by atoms with van der Waals surface area (Å²) in [5.41, 5.74) is 4.70. The van der Waals surface area contributed by atoms with Crippen LogP contribution in [0.4, 0.5) is 5.69 Å². The van der Waals surface area contributed by atoms with Crippen molar-refractivity contribution in [3.63, 3.8) is 0 Å². The molecule has 8 heteroatoms. The Balaban J connectivity index is 1.31. The third kappa shape index (κ3) is 3.51. The number of pyridine rings is 3.